The van der Waals surface area contributed by atoms with Crippen molar-refractivity contribution in [3.8, 4) is 11.8 Å². The van der Waals surface area contributed by atoms with Gasteiger partial charge in [-0.05, 0) is 30.3 Å². The first-order valence-electron chi connectivity index (χ1n) is 5.11. The van der Waals surface area contributed by atoms with Gasteiger partial charge in [-0.3, -0.25) is 0 Å². The molecule has 0 fully saturated rings. The van der Waals surface area contributed by atoms with E-state index in [9.17, 15) is 8.42 Å². The highest BCUT2D eigenvalue weighted by Gasteiger charge is 2.15. The first-order chi connectivity index (χ1) is 8.62. The van der Waals surface area contributed by atoms with Crippen molar-refractivity contribution in [2.45, 2.75) is 4.90 Å². The summed E-state index contributed by atoms with van der Waals surface area (Å²) in [5, 5.41) is 8.72. The summed E-state index contributed by atoms with van der Waals surface area (Å²) in [6.45, 7) is 0. The van der Waals surface area contributed by atoms with Crippen molar-refractivity contribution in [1.29, 1.82) is 5.26 Å². The zero-order valence-corrected chi connectivity index (χ0v) is 10.1. The predicted molar refractivity (Wildman–Crippen MR) is 65.4 cm³/mol. The molecule has 0 aromatic heterocycles. The Morgan fingerprint density at radius 1 is 1.00 bits per heavy atom. The Morgan fingerprint density at radius 2 is 1.72 bits per heavy atom. The molecule has 2 aromatic carbocycles. The third kappa shape index (κ3) is 2.67. The SMILES string of the molecule is N#Cc1cccc(OS(=O)(=O)c2ccccc2)c1. The Morgan fingerprint density at radius 3 is 2.39 bits per heavy atom. The molecule has 0 aliphatic heterocycles. The van der Waals surface area contributed by atoms with Crippen LogP contribution in [0.15, 0.2) is 59.5 Å². The third-order valence-electron chi connectivity index (χ3n) is 2.20. The molecule has 0 N–H and O–H groups in total. The van der Waals surface area contributed by atoms with E-state index >= 15 is 0 Å². The van der Waals surface area contributed by atoms with Crippen LogP contribution < -0.4 is 4.18 Å². The molecule has 2 aromatic rings. The van der Waals surface area contributed by atoms with E-state index in [-0.39, 0.29) is 10.6 Å². The molecule has 0 aliphatic carbocycles. The molecule has 0 saturated heterocycles. The Kier molecular flexibility index (Phi) is 3.31. The molecule has 5 heteroatoms. The summed E-state index contributed by atoms with van der Waals surface area (Å²) >= 11 is 0. The smallest absolute Gasteiger partial charge is 0.339 e. The highest BCUT2D eigenvalue weighted by molar-refractivity contribution is 7.87. The van der Waals surface area contributed by atoms with Gasteiger partial charge in [-0.25, -0.2) is 0 Å². The van der Waals surface area contributed by atoms with Crippen molar-refractivity contribution in [2.24, 2.45) is 0 Å². The monoisotopic (exact) mass is 259 g/mol. The highest BCUT2D eigenvalue weighted by Crippen LogP contribution is 2.19. The summed E-state index contributed by atoms with van der Waals surface area (Å²) in [7, 11) is -3.85. The number of hydrogen-bond acceptors (Lipinski definition) is 4. The van der Waals surface area contributed by atoms with Gasteiger partial charge in [0.2, 0.25) is 0 Å². The third-order valence-corrected chi connectivity index (χ3v) is 3.46. The Balaban J connectivity index is 2.32. The fraction of sp³-hybridized carbons (Fsp3) is 0. The molecule has 0 heterocycles. The topological polar surface area (TPSA) is 67.2 Å². The van der Waals surface area contributed by atoms with Crippen molar-refractivity contribution in [3.63, 3.8) is 0 Å². The van der Waals surface area contributed by atoms with Gasteiger partial charge in [0.25, 0.3) is 0 Å². The molecular weight excluding hydrogens is 250 g/mol. The van der Waals surface area contributed by atoms with Gasteiger partial charge in [0.05, 0.1) is 11.6 Å². The fourth-order valence-electron chi connectivity index (χ4n) is 1.38. The zero-order chi connectivity index (χ0) is 13.0. The van der Waals surface area contributed by atoms with E-state index in [4.69, 9.17) is 9.44 Å². The van der Waals surface area contributed by atoms with Crippen molar-refractivity contribution in [1.82, 2.24) is 0 Å². The maximum Gasteiger partial charge on any atom is 0.339 e. The van der Waals surface area contributed by atoms with Gasteiger partial charge in [-0.15, -0.1) is 0 Å². The normalized spacial score (nSPS) is 10.6. The first kappa shape index (κ1) is 12.1. The van der Waals surface area contributed by atoms with Crippen LogP contribution in [0.25, 0.3) is 0 Å². The molecule has 4 nitrogen and oxygen atoms in total. The maximum absolute atomic E-state index is 11.9. The van der Waals surface area contributed by atoms with Crippen molar-refractivity contribution >= 4 is 10.1 Å². The number of nitrogens with zero attached hydrogens (tertiary/aromatic N) is 1. The number of rotatable bonds is 3. The van der Waals surface area contributed by atoms with E-state index in [1.807, 2.05) is 6.07 Å². The molecule has 0 atom stereocenters. The van der Waals surface area contributed by atoms with Crippen LogP contribution in [0.2, 0.25) is 0 Å². The summed E-state index contributed by atoms with van der Waals surface area (Å²) in [5.41, 5.74) is 0.343. The van der Waals surface area contributed by atoms with E-state index in [0.29, 0.717) is 5.56 Å². The summed E-state index contributed by atoms with van der Waals surface area (Å²) in [6, 6.07) is 15.8. The van der Waals surface area contributed by atoms with Gasteiger partial charge in [0.1, 0.15) is 10.6 Å². The second-order valence-electron chi connectivity index (χ2n) is 3.49. The van der Waals surface area contributed by atoms with Crippen molar-refractivity contribution in [2.75, 3.05) is 0 Å². The lowest BCUT2D eigenvalue weighted by Gasteiger charge is -2.06. The van der Waals surface area contributed by atoms with E-state index in [1.54, 1.807) is 30.3 Å². The zero-order valence-electron chi connectivity index (χ0n) is 9.28. The van der Waals surface area contributed by atoms with Gasteiger partial charge in [-0.2, -0.15) is 13.7 Å². The van der Waals surface area contributed by atoms with Crippen LogP contribution in [0.1, 0.15) is 5.56 Å². The average Bonchev–Trinajstić information content (AvgIpc) is 2.39. The van der Waals surface area contributed by atoms with E-state index in [0.717, 1.165) is 0 Å². The molecule has 90 valence electrons. The molecule has 0 radical (unpaired) electrons. The van der Waals surface area contributed by atoms with Gasteiger partial charge in [-0.1, -0.05) is 24.3 Å². The summed E-state index contributed by atoms with van der Waals surface area (Å²) in [4.78, 5) is 0.0763. The molecule has 18 heavy (non-hydrogen) atoms. The lowest BCUT2D eigenvalue weighted by atomic mass is 10.2. The molecule has 2 rings (SSSR count). The minimum Gasteiger partial charge on any atom is -0.379 e. The van der Waals surface area contributed by atoms with Crippen molar-refractivity contribution in [3.05, 3.63) is 60.2 Å². The number of hydrogen-bond donors (Lipinski definition) is 0. The van der Waals surface area contributed by atoms with E-state index in [2.05, 4.69) is 0 Å². The Hall–Kier alpha value is -2.32. The average molecular weight is 259 g/mol. The van der Waals surface area contributed by atoms with E-state index in [1.165, 1.54) is 24.3 Å². The molecule has 0 aliphatic rings. The van der Waals surface area contributed by atoms with Crippen LogP contribution in [-0.4, -0.2) is 8.42 Å². The van der Waals surface area contributed by atoms with Gasteiger partial charge >= 0.3 is 10.1 Å². The molecule has 0 saturated carbocycles. The minimum absolute atomic E-state index is 0.0763. The van der Waals surface area contributed by atoms with E-state index < -0.39 is 10.1 Å². The second kappa shape index (κ2) is 4.90. The summed E-state index contributed by atoms with van der Waals surface area (Å²) < 4.78 is 28.7. The fourth-order valence-corrected chi connectivity index (χ4v) is 2.32. The summed E-state index contributed by atoms with van der Waals surface area (Å²) in [5.74, 6) is 0.123. The van der Waals surface area contributed by atoms with Gasteiger partial charge < -0.3 is 4.18 Å². The Labute approximate surface area is 105 Å². The first-order valence-corrected chi connectivity index (χ1v) is 6.52. The minimum atomic E-state index is -3.85. The van der Waals surface area contributed by atoms with Crippen LogP contribution >= 0.6 is 0 Å². The van der Waals surface area contributed by atoms with Gasteiger partial charge in [0.15, 0.2) is 0 Å². The predicted octanol–water partition coefficient (Wildman–Crippen LogP) is 2.33. The highest BCUT2D eigenvalue weighted by atomic mass is 32.2. The van der Waals surface area contributed by atoms with Crippen LogP contribution in [0.4, 0.5) is 0 Å². The number of nitriles is 1. The van der Waals surface area contributed by atoms with Crippen LogP contribution in [-0.2, 0) is 10.1 Å². The Bertz CT molecular complexity index is 688. The lowest BCUT2D eigenvalue weighted by molar-refractivity contribution is 0.486. The van der Waals surface area contributed by atoms with Crippen molar-refractivity contribution < 1.29 is 12.6 Å². The number of benzene rings is 2. The largest absolute Gasteiger partial charge is 0.379 e. The molecule has 0 bridgehead atoms. The standard InChI is InChI=1S/C13H9NO3S/c14-10-11-5-4-6-12(9-11)17-18(15,16)13-7-2-1-3-8-13/h1-9H. The van der Waals surface area contributed by atoms with Gasteiger partial charge in [0, 0.05) is 0 Å². The molecular formula is C13H9NO3S. The van der Waals surface area contributed by atoms with Crippen LogP contribution in [0.3, 0.4) is 0 Å². The van der Waals surface area contributed by atoms with Crippen LogP contribution in [0, 0.1) is 11.3 Å². The van der Waals surface area contributed by atoms with Crippen LogP contribution in [0.5, 0.6) is 5.75 Å². The quantitative estimate of drug-likeness (QED) is 0.793. The molecule has 0 unspecified atom stereocenters. The molecule has 0 amide bonds. The maximum atomic E-state index is 11.9. The second-order valence-corrected chi connectivity index (χ2v) is 5.04. The summed E-state index contributed by atoms with van der Waals surface area (Å²) in [6.07, 6.45) is 0. The lowest BCUT2D eigenvalue weighted by Crippen LogP contribution is -2.09. The molecule has 0 spiro atoms.